The third-order valence-electron chi connectivity index (χ3n) is 9.25. The Bertz CT molecular complexity index is 1040. The fourth-order valence-electron chi connectivity index (χ4n) is 5.93. The Morgan fingerprint density at radius 2 is 0.621 bits per heavy atom. The Morgan fingerprint density at radius 1 is 0.345 bits per heavy atom. The smallest absolute Gasteiger partial charge is 0.748 e. The predicted octanol–water partition coefficient (Wildman–Crippen LogP) is 1.95. The minimum atomic E-state index is -4.34. The molecular formula is C41H82Na2O13S2. The summed E-state index contributed by atoms with van der Waals surface area (Å²) in [6.45, 7) is 9.86. The zero-order chi connectivity index (χ0) is 41.4. The molecule has 0 amide bonds. The van der Waals surface area contributed by atoms with E-state index in [9.17, 15) is 25.9 Å². The van der Waals surface area contributed by atoms with Crippen LogP contribution in [0.3, 0.4) is 0 Å². The van der Waals surface area contributed by atoms with Crippen molar-refractivity contribution in [3.05, 3.63) is 0 Å². The fraction of sp³-hybridized carbons (Fsp3) is 1.00. The molecule has 17 heteroatoms. The number of unbranched alkanes of at least 4 members (excludes halogenated alkanes) is 17. The van der Waals surface area contributed by atoms with Crippen molar-refractivity contribution in [3.63, 3.8) is 0 Å². The summed E-state index contributed by atoms with van der Waals surface area (Å²) in [6, 6.07) is 0. The van der Waals surface area contributed by atoms with Gasteiger partial charge in [-0.3, -0.25) is 0 Å². The molecule has 0 saturated heterocycles. The molecule has 0 aliphatic rings. The van der Waals surface area contributed by atoms with Crippen molar-refractivity contribution in [1.82, 2.24) is 0 Å². The van der Waals surface area contributed by atoms with E-state index in [0.717, 1.165) is 38.5 Å². The van der Waals surface area contributed by atoms with E-state index >= 15 is 0 Å². The van der Waals surface area contributed by atoms with E-state index in [4.69, 9.17) is 33.2 Å². The fourth-order valence-corrected chi connectivity index (χ4v) is 6.87. The molecule has 0 aromatic carbocycles. The largest absolute Gasteiger partial charge is 1.00 e. The Labute approximate surface area is 399 Å². The summed E-state index contributed by atoms with van der Waals surface area (Å²) < 4.78 is 109. The molecule has 0 aliphatic heterocycles. The molecule has 0 radical (unpaired) electrons. The second-order valence-electron chi connectivity index (χ2n) is 14.9. The molecule has 0 N–H and O–H groups in total. The van der Waals surface area contributed by atoms with Crippen molar-refractivity contribution >= 4 is 20.2 Å². The minimum absolute atomic E-state index is 0. The number of rotatable bonds is 46. The first kappa shape index (κ1) is 63.8. The molecule has 3 atom stereocenters. The Balaban J connectivity index is -0.0000151. The summed E-state index contributed by atoms with van der Waals surface area (Å²) in [7, 11) is -8.67. The Hall–Kier alpha value is 1.54. The van der Waals surface area contributed by atoms with Crippen LogP contribution in [0.15, 0.2) is 0 Å². The first-order valence-corrected chi connectivity index (χ1v) is 25.2. The molecule has 58 heavy (non-hydrogen) atoms. The molecule has 0 heterocycles. The molecule has 0 aliphatic carbocycles. The number of hydrogen-bond donors (Lipinski definition) is 0. The van der Waals surface area contributed by atoms with Gasteiger partial charge in [0.1, 0.15) is 18.3 Å². The average Bonchev–Trinajstić information content (AvgIpc) is 3.15. The molecule has 0 fully saturated rings. The van der Waals surface area contributed by atoms with Gasteiger partial charge in [0.2, 0.25) is 0 Å². The van der Waals surface area contributed by atoms with E-state index < -0.39 is 50.1 Å². The first-order chi connectivity index (χ1) is 27.0. The number of hydrogen-bond acceptors (Lipinski definition) is 13. The zero-order valence-corrected chi connectivity index (χ0v) is 43.2. The van der Waals surface area contributed by atoms with E-state index in [2.05, 4.69) is 20.8 Å². The van der Waals surface area contributed by atoms with Crippen LogP contribution in [-0.4, -0.2) is 128 Å². The minimum Gasteiger partial charge on any atom is -0.748 e. The van der Waals surface area contributed by atoms with Gasteiger partial charge in [0.25, 0.3) is 0 Å². The normalized spacial score (nSPS) is 13.5. The van der Waals surface area contributed by atoms with Crippen LogP contribution < -0.4 is 59.1 Å². The van der Waals surface area contributed by atoms with Crippen molar-refractivity contribution in [1.29, 1.82) is 0 Å². The van der Waals surface area contributed by atoms with Crippen LogP contribution in [-0.2, 0) is 53.4 Å². The maximum Gasteiger partial charge on any atom is 1.00 e. The molecule has 0 aromatic rings. The molecule has 0 bridgehead atoms. The van der Waals surface area contributed by atoms with Crippen LogP contribution in [0.2, 0.25) is 0 Å². The van der Waals surface area contributed by atoms with Gasteiger partial charge in [-0.1, -0.05) is 130 Å². The van der Waals surface area contributed by atoms with Crippen LogP contribution >= 0.6 is 0 Å². The Morgan fingerprint density at radius 3 is 0.948 bits per heavy atom. The molecule has 13 nitrogen and oxygen atoms in total. The summed E-state index contributed by atoms with van der Waals surface area (Å²) in [5.41, 5.74) is 0. The van der Waals surface area contributed by atoms with Gasteiger partial charge in [0.05, 0.1) is 59.9 Å². The van der Waals surface area contributed by atoms with Gasteiger partial charge < -0.3 is 42.3 Å². The standard InChI is InChI=1S/C41H84O13S2.2Na/c1-4-7-10-13-16-17-20-23-27-49-34-40(54-38-41(53-30-25-32-56(45,46)47)35-50-28-22-19-15-12-9-6-3)37-51-36-39(52-29-24-31-55(42,43)44)33-48-26-21-18-14-11-8-5-2;;/h39-41H,4-38H2,1-3H3,(H,42,43,44)(H,45,46,47);;/q;2*+1/p-2. The van der Waals surface area contributed by atoms with E-state index in [1.807, 2.05) is 0 Å². The summed E-state index contributed by atoms with van der Waals surface area (Å²) >= 11 is 0. The van der Waals surface area contributed by atoms with Crippen molar-refractivity contribution in [2.75, 3.05) is 84.2 Å². The van der Waals surface area contributed by atoms with E-state index in [1.54, 1.807) is 0 Å². The average molecular weight is 893 g/mol. The third kappa shape index (κ3) is 50.2. The Kier molecular flexibility index (Phi) is 51.2. The molecule has 0 aromatic heterocycles. The molecule has 0 saturated carbocycles. The monoisotopic (exact) mass is 892 g/mol. The predicted molar refractivity (Wildman–Crippen MR) is 220 cm³/mol. The van der Waals surface area contributed by atoms with Gasteiger partial charge in [-0.2, -0.15) is 0 Å². The van der Waals surface area contributed by atoms with Crippen molar-refractivity contribution in [2.45, 2.75) is 180 Å². The van der Waals surface area contributed by atoms with E-state index in [-0.39, 0.29) is 125 Å². The van der Waals surface area contributed by atoms with Crippen LogP contribution in [0.25, 0.3) is 0 Å². The quantitative estimate of drug-likeness (QED) is 0.0493. The maximum absolute atomic E-state index is 11.1. The van der Waals surface area contributed by atoms with Crippen LogP contribution in [0.1, 0.15) is 162 Å². The van der Waals surface area contributed by atoms with Crippen molar-refractivity contribution in [3.8, 4) is 0 Å². The molecule has 0 spiro atoms. The molecular weight excluding hydrogens is 811 g/mol. The first-order valence-electron chi connectivity index (χ1n) is 22.0. The van der Waals surface area contributed by atoms with Crippen LogP contribution in [0, 0.1) is 0 Å². The SMILES string of the molecule is CCCCCCCCCCOCC(COCC(COCCCCCCCC)OCCCS(=O)(=O)[O-])OCC(COCCCCCCCC)OCCCS(=O)(=O)[O-].[Na+].[Na+]. The second kappa shape index (κ2) is 46.5. The summed E-state index contributed by atoms with van der Waals surface area (Å²) in [5.74, 6) is -0.995. The third-order valence-corrected chi connectivity index (χ3v) is 10.8. The van der Waals surface area contributed by atoms with Crippen LogP contribution in [0.4, 0.5) is 0 Å². The van der Waals surface area contributed by atoms with Crippen molar-refractivity contribution < 1.29 is 118 Å². The molecule has 0 rings (SSSR count). The van der Waals surface area contributed by atoms with Gasteiger partial charge >= 0.3 is 59.1 Å². The van der Waals surface area contributed by atoms with Gasteiger partial charge in [0.15, 0.2) is 0 Å². The molecule has 338 valence electrons. The van der Waals surface area contributed by atoms with E-state index in [0.29, 0.717) is 19.8 Å². The van der Waals surface area contributed by atoms with Gasteiger partial charge in [-0.25, -0.2) is 16.8 Å². The molecule has 3 unspecified atom stereocenters. The topological polar surface area (TPSA) is 179 Å². The second-order valence-corrected chi connectivity index (χ2v) is 18.0. The van der Waals surface area contributed by atoms with Crippen molar-refractivity contribution in [2.24, 2.45) is 0 Å². The van der Waals surface area contributed by atoms with Gasteiger partial charge in [-0.05, 0) is 32.1 Å². The van der Waals surface area contributed by atoms with Gasteiger partial charge in [0, 0.05) is 44.5 Å². The summed E-state index contributed by atoms with van der Waals surface area (Å²) in [4.78, 5) is 0. The zero-order valence-electron chi connectivity index (χ0n) is 37.6. The number of ether oxygens (including phenoxy) is 7. The van der Waals surface area contributed by atoms with Gasteiger partial charge in [-0.15, -0.1) is 0 Å². The maximum atomic E-state index is 11.1. The van der Waals surface area contributed by atoms with E-state index in [1.165, 1.54) is 89.9 Å². The summed E-state index contributed by atoms with van der Waals surface area (Å²) in [6.07, 6.45) is 22.0. The van der Waals surface area contributed by atoms with Crippen LogP contribution in [0.5, 0.6) is 0 Å². The summed E-state index contributed by atoms with van der Waals surface area (Å²) in [5, 5.41) is 0.